The maximum atomic E-state index is 12.1. The van der Waals surface area contributed by atoms with Gasteiger partial charge in [0, 0.05) is 19.7 Å². The third-order valence-corrected chi connectivity index (χ3v) is 3.56. The molecule has 0 saturated heterocycles. The summed E-state index contributed by atoms with van der Waals surface area (Å²) < 4.78 is 0. The number of nitrogens with zero attached hydrogens (tertiary/aromatic N) is 2. The smallest absolute Gasteiger partial charge is 0.226 e. The number of hydrogen-bond donors (Lipinski definition) is 1. The number of aromatic nitrogens is 1. The van der Waals surface area contributed by atoms with Gasteiger partial charge >= 0.3 is 0 Å². The monoisotopic (exact) mass is 277 g/mol. The summed E-state index contributed by atoms with van der Waals surface area (Å²) in [6.07, 6.45) is 12.3. The van der Waals surface area contributed by atoms with Crippen molar-refractivity contribution in [2.75, 3.05) is 17.7 Å². The Kier molecular flexibility index (Phi) is 7.70. The molecule has 0 aromatic carbocycles. The highest BCUT2D eigenvalue weighted by molar-refractivity contribution is 5.95. The summed E-state index contributed by atoms with van der Waals surface area (Å²) in [5.41, 5.74) is 7.11. The second kappa shape index (κ2) is 9.34. The predicted octanol–water partition coefficient (Wildman–Crippen LogP) is 3.77. The number of amides is 1. The second-order valence-electron chi connectivity index (χ2n) is 5.26. The molecular weight excluding hydrogens is 250 g/mol. The Balaban J connectivity index is 2.24. The Labute approximate surface area is 122 Å². The third kappa shape index (κ3) is 5.59. The molecule has 20 heavy (non-hydrogen) atoms. The lowest BCUT2D eigenvalue weighted by atomic mass is 10.1. The van der Waals surface area contributed by atoms with E-state index in [1.165, 1.54) is 32.1 Å². The molecule has 1 heterocycles. The van der Waals surface area contributed by atoms with Crippen LogP contribution in [-0.4, -0.2) is 17.9 Å². The fraction of sp³-hybridized carbons (Fsp3) is 0.625. The summed E-state index contributed by atoms with van der Waals surface area (Å²) >= 11 is 0. The fourth-order valence-electron chi connectivity index (χ4n) is 2.24. The maximum Gasteiger partial charge on any atom is 0.226 e. The van der Waals surface area contributed by atoms with Crippen molar-refractivity contribution < 1.29 is 4.79 Å². The van der Waals surface area contributed by atoms with Gasteiger partial charge in [-0.25, -0.2) is 0 Å². The van der Waals surface area contributed by atoms with Crippen LogP contribution in [0.2, 0.25) is 0 Å². The van der Waals surface area contributed by atoms with E-state index in [-0.39, 0.29) is 5.91 Å². The van der Waals surface area contributed by atoms with Crippen molar-refractivity contribution in [2.24, 2.45) is 0 Å². The summed E-state index contributed by atoms with van der Waals surface area (Å²) in [6.45, 7) is 2.22. The van der Waals surface area contributed by atoms with Crippen molar-refractivity contribution >= 4 is 17.3 Å². The molecule has 4 heteroatoms. The Morgan fingerprint density at radius 2 is 1.85 bits per heavy atom. The highest BCUT2D eigenvalue weighted by Crippen LogP contribution is 2.21. The van der Waals surface area contributed by atoms with E-state index in [4.69, 9.17) is 5.73 Å². The quantitative estimate of drug-likeness (QED) is 0.699. The lowest BCUT2D eigenvalue weighted by molar-refractivity contribution is -0.118. The van der Waals surface area contributed by atoms with Crippen LogP contribution in [0, 0.1) is 0 Å². The van der Waals surface area contributed by atoms with Crippen LogP contribution in [0.1, 0.15) is 58.3 Å². The Morgan fingerprint density at radius 1 is 1.20 bits per heavy atom. The van der Waals surface area contributed by atoms with Gasteiger partial charge in [-0.3, -0.25) is 9.78 Å². The van der Waals surface area contributed by atoms with E-state index in [0.29, 0.717) is 12.1 Å². The van der Waals surface area contributed by atoms with Crippen molar-refractivity contribution in [3.05, 3.63) is 18.5 Å². The molecule has 0 aliphatic rings. The predicted molar refractivity (Wildman–Crippen MR) is 84.7 cm³/mol. The minimum absolute atomic E-state index is 0.122. The normalized spacial score (nSPS) is 10.5. The molecule has 0 aliphatic carbocycles. The highest BCUT2D eigenvalue weighted by atomic mass is 16.2. The van der Waals surface area contributed by atoms with Gasteiger partial charge in [0.1, 0.15) is 0 Å². The number of nitrogens with two attached hydrogens (primary N) is 1. The lowest BCUT2D eigenvalue weighted by Gasteiger charge is -2.18. The zero-order chi connectivity index (χ0) is 14.8. The van der Waals surface area contributed by atoms with Crippen LogP contribution >= 0.6 is 0 Å². The van der Waals surface area contributed by atoms with Crippen molar-refractivity contribution in [3.8, 4) is 0 Å². The third-order valence-electron chi connectivity index (χ3n) is 3.56. The molecule has 0 aliphatic heterocycles. The van der Waals surface area contributed by atoms with Gasteiger partial charge in [0.05, 0.1) is 17.6 Å². The van der Waals surface area contributed by atoms with Crippen LogP contribution < -0.4 is 10.6 Å². The van der Waals surface area contributed by atoms with Gasteiger partial charge in [-0.05, 0) is 12.5 Å². The van der Waals surface area contributed by atoms with Gasteiger partial charge in [0.25, 0.3) is 0 Å². The van der Waals surface area contributed by atoms with Crippen molar-refractivity contribution in [1.29, 1.82) is 0 Å². The summed E-state index contributed by atoms with van der Waals surface area (Å²) in [7, 11) is 1.77. The first-order chi connectivity index (χ1) is 9.66. The molecular formula is C16H27N3O. The van der Waals surface area contributed by atoms with Crippen LogP contribution in [0.25, 0.3) is 0 Å². The van der Waals surface area contributed by atoms with E-state index in [0.717, 1.165) is 18.5 Å². The molecule has 0 bridgehead atoms. The van der Waals surface area contributed by atoms with Crippen LogP contribution in [0.3, 0.4) is 0 Å². The Bertz CT molecular complexity index is 406. The van der Waals surface area contributed by atoms with Gasteiger partial charge in [0.2, 0.25) is 5.91 Å². The maximum absolute atomic E-state index is 12.1. The fourth-order valence-corrected chi connectivity index (χ4v) is 2.24. The van der Waals surface area contributed by atoms with E-state index in [1.807, 2.05) is 0 Å². The van der Waals surface area contributed by atoms with Gasteiger partial charge in [0.15, 0.2) is 0 Å². The summed E-state index contributed by atoms with van der Waals surface area (Å²) in [5, 5.41) is 0. The van der Waals surface area contributed by atoms with Crippen LogP contribution in [0.5, 0.6) is 0 Å². The number of carbonyl (C=O) groups excluding carboxylic acids is 1. The van der Waals surface area contributed by atoms with Gasteiger partial charge < -0.3 is 10.6 Å². The number of nitrogen functional groups attached to an aromatic ring is 1. The summed E-state index contributed by atoms with van der Waals surface area (Å²) in [6, 6.07) is 1.78. The standard InChI is InChI=1S/C16H27N3O/c1-3-4-5-6-7-8-9-10-16(20)19(2)15-11-12-18-13-14(15)17/h11-13H,3-10,17H2,1-2H3. The number of hydrogen-bond acceptors (Lipinski definition) is 3. The number of pyridine rings is 1. The zero-order valence-electron chi connectivity index (χ0n) is 12.8. The average Bonchev–Trinajstić information content (AvgIpc) is 2.46. The van der Waals surface area contributed by atoms with E-state index in [9.17, 15) is 4.79 Å². The minimum Gasteiger partial charge on any atom is -0.396 e. The van der Waals surface area contributed by atoms with Gasteiger partial charge in [-0.2, -0.15) is 0 Å². The molecule has 0 atom stereocenters. The zero-order valence-corrected chi connectivity index (χ0v) is 12.8. The highest BCUT2D eigenvalue weighted by Gasteiger charge is 2.12. The first-order valence-corrected chi connectivity index (χ1v) is 7.62. The first kappa shape index (κ1) is 16.5. The molecule has 1 aromatic heterocycles. The molecule has 2 N–H and O–H groups in total. The van der Waals surface area contributed by atoms with Crippen LogP contribution in [0.4, 0.5) is 11.4 Å². The average molecular weight is 277 g/mol. The van der Waals surface area contributed by atoms with Crippen molar-refractivity contribution in [2.45, 2.75) is 58.3 Å². The molecule has 0 spiro atoms. The van der Waals surface area contributed by atoms with Crippen molar-refractivity contribution in [1.82, 2.24) is 4.98 Å². The van der Waals surface area contributed by atoms with E-state index >= 15 is 0 Å². The molecule has 1 aromatic rings. The van der Waals surface area contributed by atoms with Crippen LogP contribution in [0.15, 0.2) is 18.5 Å². The molecule has 0 fully saturated rings. The van der Waals surface area contributed by atoms with Crippen molar-refractivity contribution in [3.63, 3.8) is 0 Å². The van der Waals surface area contributed by atoms with Gasteiger partial charge in [-0.15, -0.1) is 0 Å². The Morgan fingerprint density at radius 3 is 2.50 bits per heavy atom. The number of unbranched alkanes of at least 4 members (excludes halogenated alkanes) is 6. The topological polar surface area (TPSA) is 59.2 Å². The Hall–Kier alpha value is -1.58. The molecule has 1 rings (SSSR count). The molecule has 0 saturated carbocycles. The van der Waals surface area contributed by atoms with Crippen LogP contribution in [-0.2, 0) is 4.79 Å². The number of carbonyl (C=O) groups is 1. The molecule has 1 amide bonds. The largest absolute Gasteiger partial charge is 0.396 e. The minimum atomic E-state index is 0.122. The van der Waals surface area contributed by atoms with E-state index in [2.05, 4.69) is 11.9 Å². The van der Waals surface area contributed by atoms with Gasteiger partial charge in [-0.1, -0.05) is 45.4 Å². The van der Waals surface area contributed by atoms with E-state index < -0.39 is 0 Å². The molecule has 112 valence electrons. The second-order valence-corrected chi connectivity index (χ2v) is 5.26. The lowest BCUT2D eigenvalue weighted by Crippen LogP contribution is -2.26. The molecule has 0 unspecified atom stereocenters. The molecule has 0 radical (unpaired) electrons. The number of anilines is 2. The SMILES string of the molecule is CCCCCCCCCC(=O)N(C)c1ccncc1N. The summed E-state index contributed by atoms with van der Waals surface area (Å²) in [5.74, 6) is 0.122. The first-order valence-electron chi connectivity index (χ1n) is 7.62. The van der Waals surface area contributed by atoms with E-state index in [1.54, 1.807) is 30.4 Å². The number of rotatable bonds is 9. The molecule has 4 nitrogen and oxygen atoms in total. The summed E-state index contributed by atoms with van der Waals surface area (Å²) in [4.78, 5) is 17.6.